The van der Waals surface area contributed by atoms with Crippen molar-refractivity contribution in [1.29, 1.82) is 0 Å². The van der Waals surface area contributed by atoms with Crippen molar-refractivity contribution >= 4 is 5.91 Å². The van der Waals surface area contributed by atoms with E-state index in [1.165, 1.54) is 5.57 Å². The SMILES string of the molecule is CCn1nc(CC(C)C)cc1C(=O)N1C[C@H]2CC(C)=CC[C@H]2C1. The van der Waals surface area contributed by atoms with Crippen molar-refractivity contribution in [1.82, 2.24) is 14.7 Å². The Hall–Kier alpha value is -1.58. The zero-order valence-corrected chi connectivity index (χ0v) is 14.9. The smallest absolute Gasteiger partial charge is 0.272 e. The van der Waals surface area contributed by atoms with E-state index < -0.39 is 0 Å². The second-order valence-electron chi connectivity index (χ2n) is 7.66. The zero-order chi connectivity index (χ0) is 16.6. The third-order valence-electron chi connectivity index (χ3n) is 5.18. The van der Waals surface area contributed by atoms with Gasteiger partial charge in [-0.1, -0.05) is 25.5 Å². The minimum atomic E-state index is 0.168. The maximum atomic E-state index is 13.0. The Balaban J connectivity index is 1.75. The number of hydrogen-bond acceptors (Lipinski definition) is 2. The lowest BCUT2D eigenvalue weighted by Gasteiger charge is -2.21. The van der Waals surface area contributed by atoms with Gasteiger partial charge in [-0.2, -0.15) is 5.10 Å². The van der Waals surface area contributed by atoms with Gasteiger partial charge in [0.15, 0.2) is 0 Å². The van der Waals surface area contributed by atoms with Gasteiger partial charge in [0, 0.05) is 19.6 Å². The standard InChI is InChI=1S/C19H29N3O/c1-5-22-18(10-17(20-22)8-13(2)3)19(23)21-11-15-7-6-14(4)9-16(15)12-21/h6,10,13,15-16H,5,7-9,11-12H2,1-4H3/t15-,16+/m0/s1. The molecular formula is C19H29N3O. The van der Waals surface area contributed by atoms with E-state index in [4.69, 9.17) is 0 Å². The molecule has 3 rings (SSSR count). The summed E-state index contributed by atoms with van der Waals surface area (Å²) in [4.78, 5) is 15.1. The van der Waals surface area contributed by atoms with E-state index >= 15 is 0 Å². The summed E-state index contributed by atoms with van der Waals surface area (Å²) in [5, 5.41) is 4.62. The maximum absolute atomic E-state index is 13.0. The Morgan fingerprint density at radius 2 is 2.09 bits per heavy atom. The number of hydrogen-bond donors (Lipinski definition) is 0. The topological polar surface area (TPSA) is 38.1 Å². The number of nitrogens with zero attached hydrogens (tertiary/aromatic N) is 3. The summed E-state index contributed by atoms with van der Waals surface area (Å²) in [5.41, 5.74) is 3.30. The van der Waals surface area contributed by atoms with Crippen LogP contribution >= 0.6 is 0 Å². The van der Waals surface area contributed by atoms with Gasteiger partial charge in [-0.3, -0.25) is 9.48 Å². The Morgan fingerprint density at radius 3 is 2.78 bits per heavy atom. The summed E-state index contributed by atoms with van der Waals surface area (Å²) in [6, 6.07) is 2.01. The number of fused-ring (bicyclic) bond motifs is 1. The van der Waals surface area contributed by atoms with E-state index in [1.807, 2.05) is 10.7 Å². The van der Waals surface area contributed by atoms with Crippen LogP contribution in [0.2, 0.25) is 0 Å². The fourth-order valence-corrected chi connectivity index (χ4v) is 4.02. The van der Waals surface area contributed by atoms with Gasteiger partial charge in [0.25, 0.3) is 5.91 Å². The number of rotatable bonds is 4. The normalized spacial score (nSPS) is 24.0. The number of likely N-dealkylation sites (tertiary alicyclic amines) is 1. The van der Waals surface area contributed by atoms with Crippen LogP contribution in [0.3, 0.4) is 0 Å². The molecule has 1 aromatic heterocycles. The van der Waals surface area contributed by atoms with Crippen LogP contribution in [0.15, 0.2) is 17.7 Å². The average Bonchev–Trinajstić information content (AvgIpc) is 3.08. The molecule has 0 aromatic carbocycles. The van der Waals surface area contributed by atoms with Crippen LogP contribution in [0.5, 0.6) is 0 Å². The molecule has 0 unspecified atom stereocenters. The van der Waals surface area contributed by atoms with Crippen LogP contribution in [0.1, 0.15) is 56.7 Å². The fraction of sp³-hybridized carbons (Fsp3) is 0.684. The highest BCUT2D eigenvalue weighted by Gasteiger charge is 2.37. The highest BCUT2D eigenvalue weighted by atomic mass is 16.2. The van der Waals surface area contributed by atoms with Crippen LogP contribution < -0.4 is 0 Å². The van der Waals surface area contributed by atoms with E-state index in [0.29, 0.717) is 17.8 Å². The first kappa shape index (κ1) is 16.3. The highest BCUT2D eigenvalue weighted by molar-refractivity contribution is 5.93. The van der Waals surface area contributed by atoms with Gasteiger partial charge in [0.2, 0.25) is 0 Å². The van der Waals surface area contributed by atoms with Gasteiger partial charge >= 0.3 is 0 Å². The zero-order valence-electron chi connectivity index (χ0n) is 14.9. The second-order valence-corrected chi connectivity index (χ2v) is 7.66. The number of amides is 1. The van der Waals surface area contributed by atoms with Crippen molar-refractivity contribution in [2.45, 2.75) is 53.5 Å². The van der Waals surface area contributed by atoms with E-state index in [-0.39, 0.29) is 5.91 Å². The Kier molecular flexibility index (Phi) is 4.60. The monoisotopic (exact) mass is 315 g/mol. The summed E-state index contributed by atoms with van der Waals surface area (Å²) in [6.07, 6.45) is 5.57. The quantitative estimate of drug-likeness (QED) is 0.797. The molecule has 23 heavy (non-hydrogen) atoms. The molecule has 126 valence electrons. The molecule has 2 atom stereocenters. The van der Waals surface area contributed by atoms with Crippen molar-refractivity contribution in [3.63, 3.8) is 0 Å². The highest BCUT2D eigenvalue weighted by Crippen LogP contribution is 2.36. The summed E-state index contributed by atoms with van der Waals surface area (Å²) in [5.74, 6) is 2.02. The van der Waals surface area contributed by atoms with Crippen molar-refractivity contribution in [2.24, 2.45) is 17.8 Å². The van der Waals surface area contributed by atoms with Gasteiger partial charge < -0.3 is 4.90 Å². The van der Waals surface area contributed by atoms with Gasteiger partial charge in [0.05, 0.1) is 5.69 Å². The minimum Gasteiger partial charge on any atom is -0.337 e. The average molecular weight is 315 g/mol. The molecule has 1 aromatic rings. The second kappa shape index (κ2) is 6.50. The van der Waals surface area contributed by atoms with Crippen LogP contribution in [0, 0.1) is 17.8 Å². The molecule has 1 fully saturated rings. The van der Waals surface area contributed by atoms with Crippen LogP contribution in [0.25, 0.3) is 0 Å². The van der Waals surface area contributed by atoms with Crippen molar-refractivity contribution in [2.75, 3.05) is 13.1 Å². The number of carbonyl (C=O) groups excluding carboxylic acids is 1. The number of carbonyl (C=O) groups is 1. The molecule has 0 spiro atoms. The molecular weight excluding hydrogens is 286 g/mol. The Labute approximate surface area is 139 Å². The Morgan fingerprint density at radius 1 is 1.35 bits per heavy atom. The van der Waals surface area contributed by atoms with E-state index in [9.17, 15) is 4.79 Å². The van der Waals surface area contributed by atoms with Crippen molar-refractivity contribution in [3.05, 3.63) is 29.1 Å². The van der Waals surface area contributed by atoms with Gasteiger partial charge in [-0.05, 0) is 56.9 Å². The summed E-state index contributed by atoms with van der Waals surface area (Å²) < 4.78 is 1.88. The van der Waals surface area contributed by atoms with Crippen LogP contribution in [-0.2, 0) is 13.0 Å². The third kappa shape index (κ3) is 3.36. The Bertz CT molecular complexity index is 614. The lowest BCUT2D eigenvalue weighted by atomic mass is 9.83. The molecule has 0 saturated carbocycles. The molecule has 1 aliphatic carbocycles. The van der Waals surface area contributed by atoms with E-state index in [2.05, 4.69) is 43.8 Å². The van der Waals surface area contributed by atoms with E-state index in [1.54, 1.807) is 0 Å². The van der Waals surface area contributed by atoms with E-state index in [0.717, 1.165) is 50.3 Å². The predicted molar refractivity (Wildman–Crippen MR) is 92.3 cm³/mol. The van der Waals surface area contributed by atoms with Gasteiger partial charge in [-0.15, -0.1) is 0 Å². The summed E-state index contributed by atoms with van der Waals surface area (Å²) >= 11 is 0. The van der Waals surface area contributed by atoms with Crippen LogP contribution in [-0.4, -0.2) is 33.7 Å². The first-order valence-corrected chi connectivity index (χ1v) is 8.99. The molecule has 0 bridgehead atoms. The molecule has 1 aliphatic heterocycles. The van der Waals surface area contributed by atoms with Gasteiger partial charge in [-0.25, -0.2) is 0 Å². The number of allylic oxidation sites excluding steroid dienone is 2. The minimum absolute atomic E-state index is 0.168. The lowest BCUT2D eigenvalue weighted by Crippen LogP contribution is -2.31. The fourth-order valence-electron chi connectivity index (χ4n) is 4.02. The predicted octanol–water partition coefficient (Wildman–Crippen LogP) is 3.53. The van der Waals surface area contributed by atoms with Crippen molar-refractivity contribution in [3.8, 4) is 0 Å². The molecule has 1 saturated heterocycles. The summed E-state index contributed by atoms with van der Waals surface area (Å²) in [6.45, 7) is 11.2. The first-order valence-electron chi connectivity index (χ1n) is 8.99. The van der Waals surface area contributed by atoms with Gasteiger partial charge in [0.1, 0.15) is 5.69 Å². The first-order chi connectivity index (χ1) is 11.0. The lowest BCUT2D eigenvalue weighted by molar-refractivity contribution is 0.0772. The van der Waals surface area contributed by atoms with Crippen LogP contribution in [0.4, 0.5) is 0 Å². The molecule has 4 heteroatoms. The molecule has 1 amide bonds. The number of aromatic nitrogens is 2. The van der Waals surface area contributed by atoms with Crippen molar-refractivity contribution < 1.29 is 4.79 Å². The molecule has 0 radical (unpaired) electrons. The molecule has 2 heterocycles. The third-order valence-corrected chi connectivity index (χ3v) is 5.18. The molecule has 2 aliphatic rings. The maximum Gasteiger partial charge on any atom is 0.272 e. The molecule has 4 nitrogen and oxygen atoms in total. The largest absolute Gasteiger partial charge is 0.337 e. The molecule has 0 N–H and O–H groups in total. The summed E-state index contributed by atoms with van der Waals surface area (Å²) in [7, 11) is 0. The number of aryl methyl sites for hydroxylation is 1.